The van der Waals surface area contributed by atoms with E-state index in [0.29, 0.717) is 40.7 Å². The maximum absolute atomic E-state index is 13.1. The number of ketones is 1. The van der Waals surface area contributed by atoms with Crippen LogP contribution in [-0.4, -0.2) is 55.2 Å². The number of hydrogen-bond acceptors (Lipinski definition) is 6. The molecule has 7 nitrogen and oxygen atoms in total. The highest BCUT2D eigenvalue weighted by molar-refractivity contribution is 6.46. The number of carbonyl (C=O) groups is 2. The van der Waals surface area contributed by atoms with Gasteiger partial charge in [-0.05, 0) is 44.5 Å². The Labute approximate surface area is 198 Å². The van der Waals surface area contributed by atoms with Gasteiger partial charge in [0, 0.05) is 24.3 Å². The first kappa shape index (κ1) is 24.6. The molecule has 3 rings (SSSR count). The van der Waals surface area contributed by atoms with Crippen molar-refractivity contribution in [2.45, 2.75) is 32.4 Å². The minimum Gasteiger partial charge on any atom is -0.507 e. The number of likely N-dealkylation sites (tertiary alicyclic amines) is 1. The van der Waals surface area contributed by atoms with Crippen molar-refractivity contribution in [3.63, 3.8) is 0 Å². The van der Waals surface area contributed by atoms with Crippen LogP contribution in [0.3, 0.4) is 0 Å². The second-order valence-electron chi connectivity index (χ2n) is 7.86. The molecule has 0 bridgehead atoms. The number of amides is 1. The smallest absolute Gasteiger partial charge is 0.295 e. The molecule has 2 aromatic carbocycles. The van der Waals surface area contributed by atoms with Gasteiger partial charge in [0.15, 0.2) is 0 Å². The zero-order valence-electron chi connectivity index (χ0n) is 19.1. The van der Waals surface area contributed by atoms with Gasteiger partial charge in [-0.2, -0.15) is 0 Å². The number of nitrogens with zero attached hydrogens (tertiary/aromatic N) is 1. The van der Waals surface area contributed by atoms with Gasteiger partial charge in [0.25, 0.3) is 11.7 Å². The largest absolute Gasteiger partial charge is 0.507 e. The van der Waals surface area contributed by atoms with Gasteiger partial charge in [0.2, 0.25) is 0 Å². The Morgan fingerprint density at radius 1 is 1.09 bits per heavy atom. The average molecular weight is 474 g/mol. The molecule has 1 atom stereocenters. The summed E-state index contributed by atoms with van der Waals surface area (Å²) in [6.45, 7) is 4.58. The van der Waals surface area contributed by atoms with Gasteiger partial charge in [-0.15, -0.1) is 0 Å². The SMILES string of the molecule is COc1cc(/C(O)=C2\C(=O)C(=O)N(CCCOC(C)C)C2c2ccccc2OC)ccc1Cl. The average Bonchev–Trinajstić information content (AvgIpc) is 3.06. The molecule has 0 saturated carbocycles. The van der Waals surface area contributed by atoms with Crippen molar-refractivity contribution in [2.75, 3.05) is 27.4 Å². The van der Waals surface area contributed by atoms with Crippen molar-refractivity contribution in [3.05, 3.63) is 64.2 Å². The second-order valence-corrected chi connectivity index (χ2v) is 8.26. The van der Waals surface area contributed by atoms with Crippen LogP contribution in [0.25, 0.3) is 5.76 Å². The molecule has 1 heterocycles. The maximum Gasteiger partial charge on any atom is 0.295 e. The molecule has 0 radical (unpaired) electrons. The van der Waals surface area contributed by atoms with Crippen molar-refractivity contribution in [2.24, 2.45) is 0 Å². The van der Waals surface area contributed by atoms with E-state index in [9.17, 15) is 14.7 Å². The zero-order valence-corrected chi connectivity index (χ0v) is 19.9. The molecule has 1 fully saturated rings. The van der Waals surface area contributed by atoms with Gasteiger partial charge < -0.3 is 24.2 Å². The molecule has 0 spiro atoms. The Morgan fingerprint density at radius 3 is 2.45 bits per heavy atom. The number of rotatable bonds is 9. The molecule has 1 aliphatic heterocycles. The molecular weight excluding hydrogens is 446 g/mol. The summed E-state index contributed by atoms with van der Waals surface area (Å²) in [4.78, 5) is 27.6. The number of ether oxygens (including phenoxy) is 3. The number of carbonyl (C=O) groups excluding carboxylic acids is 2. The summed E-state index contributed by atoms with van der Waals surface area (Å²) in [5.74, 6) is -0.901. The van der Waals surface area contributed by atoms with Crippen LogP contribution in [0.15, 0.2) is 48.0 Å². The number of aliphatic hydroxyl groups excluding tert-OH is 1. The third-order valence-corrected chi connectivity index (χ3v) is 5.70. The van der Waals surface area contributed by atoms with Gasteiger partial charge in [-0.3, -0.25) is 9.59 Å². The standard InChI is InChI=1S/C25H28ClNO6/c1-15(2)33-13-7-12-27-22(17-8-5-6-9-19(17)31-3)21(24(29)25(27)30)23(28)16-10-11-18(26)20(14-16)32-4/h5-6,8-11,14-15,22,28H,7,12-13H2,1-4H3/b23-21+. The van der Waals surface area contributed by atoms with Crippen molar-refractivity contribution >= 4 is 29.1 Å². The Hall–Kier alpha value is -3.03. The van der Waals surface area contributed by atoms with E-state index in [1.165, 1.54) is 25.2 Å². The highest BCUT2D eigenvalue weighted by Crippen LogP contribution is 2.43. The van der Waals surface area contributed by atoms with E-state index in [1.54, 1.807) is 36.4 Å². The highest BCUT2D eigenvalue weighted by Gasteiger charge is 2.46. The number of halogens is 1. The number of hydrogen-bond donors (Lipinski definition) is 1. The molecule has 1 amide bonds. The molecule has 8 heteroatoms. The Bertz CT molecular complexity index is 1060. The molecule has 0 aliphatic carbocycles. The van der Waals surface area contributed by atoms with Gasteiger partial charge in [0.05, 0.1) is 37.0 Å². The van der Waals surface area contributed by atoms with Crippen LogP contribution in [0.2, 0.25) is 5.02 Å². The van der Waals surface area contributed by atoms with Crippen LogP contribution in [0.4, 0.5) is 0 Å². The molecular formula is C25H28ClNO6. The molecule has 2 aromatic rings. The van der Waals surface area contributed by atoms with E-state index in [0.717, 1.165) is 0 Å². The number of para-hydroxylation sites is 1. The molecule has 1 aliphatic rings. The summed E-state index contributed by atoms with van der Waals surface area (Å²) in [6.07, 6.45) is 0.594. The van der Waals surface area contributed by atoms with Crippen LogP contribution in [0.5, 0.6) is 11.5 Å². The maximum atomic E-state index is 13.1. The first-order valence-corrected chi connectivity index (χ1v) is 11.0. The molecule has 1 unspecified atom stereocenters. The van der Waals surface area contributed by atoms with Gasteiger partial charge >= 0.3 is 0 Å². The summed E-state index contributed by atoms with van der Waals surface area (Å²) in [6, 6.07) is 11.0. The lowest BCUT2D eigenvalue weighted by Crippen LogP contribution is -2.31. The van der Waals surface area contributed by atoms with E-state index in [4.69, 9.17) is 25.8 Å². The number of aliphatic hydroxyl groups is 1. The summed E-state index contributed by atoms with van der Waals surface area (Å²) in [5.41, 5.74) is 0.905. The summed E-state index contributed by atoms with van der Waals surface area (Å²) >= 11 is 6.11. The van der Waals surface area contributed by atoms with Crippen molar-refractivity contribution in [3.8, 4) is 11.5 Å². The molecule has 1 N–H and O–H groups in total. The lowest BCUT2D eigenvalue weighted by Gasteiger charge is -2.26. The van der Waals surface area contributed by atoms with Crippen molar-refractivity contribution in [1.29, 1.82) is 0 Å². The van der Waals surface area contributed by atoms with Crippen LogP contribution < -0.4 is 9.47 Å². The molecule has 33 heavy (non-hydrogen) atoms. The summed E-state index contributed by atoms with van der Waals surface area (Å²) in [5, 5.41) is 11.6. The first-order valence-electron chi connectivity index (χ1n) is 10.7. The van der Waals surface area contributed by atoms with Crippen LogP contribution in [0.1, 0.15) is 37.4 Å². The summed E-state index contributed by atoms with van der Waals surface area (Å²) < 4.78 is 16.3. The minimum absolute atomic E-state index is 0.0151. The van der Waals surface area contributed by atoms with Crippen LogP contribution in [-0.2, 0) is 14.3 Å². The van der Waals surface area contributed by atoms with E-state index < -0.39 is 17.7 Å². The fourth-order valence-corrected chi connectivity index (χ4v) is 4.04. The van der Waals surface area contributed by atoms with Gasteiger partial charge in [-0.25, -0.2) is 0 Å². The second kappa shape index (κ2) is 10.7. The molecule has 176 valence electrons. The normalized spacial score (nSPS) is 17.6. The van der Waals surface area contributed by atoms with Crippen molar-refractivity contribution in [1.82, 2.24) is 4.90 Å². The Kier molecular flexibility index (Phi) is 8.00. The Morgan fingerprint density at radius 2 is 1.79 bits per heavy atom. The number of Topliss-reactive ketones (excluding diaryl/α,β-unsaturated/α-hetero) is 1. The van der Waals surface area contributed by atoms with Crippen LogP contribution >= 0.6 is 11.6 Å². The predicted molar refractivity (Wildman–Crippen MR) is 126 cm³/mol. The number of methoxy groups -OCH3 is 2. The molecule has 0 aromatic heterocycles. The predicted octanol–water partition coefficient (Wildman–Crippen LogP) is 4.59. The third kappa shape index (κ3) is 5.15. The topological polar surface area (TPSA) is 85.3 Å². The van der Waals surface area contributed by atoms with Crippen molar-refractivity contribution < 1.29 is 28.9 Å². The zero-order chi connectivity index (χ0) is 24.1. The van der Waals surface area contributed by atoms with E-state index in [1.807, 2.05) is 13.8 Å². The van der Waals surface area contributed by atoms with Gasteiger partial charge in [0.1, 0.15) is 17.3 Å². The number of benzene rings is 2. The fraction of sp³-hybridized carbons (Fsp3) is 0.360. The monoisotopic (exact) mass is 473 g/mol. The highest BCUT2D eigenvalue weighted by atomic mass is 35.5. The first-order chi connectivity index (χ1) is 15.8. The quantitative estimate of drug-likeness (QED) is 0.248. The summed E-state index contributed by atoms with van der Waals surface area (Å²) in [7, 11) is 2.98. The Balaban J connectivity index is 2.11. The van der Waals surface area contributed by atoms with Gasteiger partial charge in [-0.1, -0.05) is 29.8 Å². The fourth-order valence-electron chi connectivity index (χ4n) is 3.84. The minimum atomic E-state index is -0.818. The lowest BCUT2D eigenvalue weighted by atomic mass is 9.94. The lowest BCUT2D eigenvalue weighted by molar-refractivity contribution is -0.140. The van der Waals surface area contributed by atoms with E-state index >= 15 is 0 Å². The van der Waals surface area contributed by atoms with E-state index in [2.05, 4.69) is 0 Å². The van der Waals surface area contributed by atoms with Crippen LogP contribution in [0, 0.1) is 0 Å². The van der Waals surface area contributed by atoms with E-state index in [-0.39, 0.29) is 24.0 Å². The molecule has 1 saturated heterocycles. The third-order valence-electron chi connectivity index (χ3n) is 5.39.